The molecule has 0 radical (unpaired) electrons. The lowest BCUT2D eigenvalue weighted by Gasteiger charge is -2.66. The maximum absolute atomic E-state index is 2.52. The van der Waals surface area contributed by atoms with E-state index in [4.69, 9.17) is 0 Å². The van der Waals surface area contributed by atoms with Gasteiger partial charge in [0, 0.05) is 0 Å². The molecule has 8 bridgehead atoms. The zero-order valence-electron chi connectivity index (χ0n) is 15.3. The first-order valence-electron chi connectivity index (χ1n) is 11.1. The highest BCUT2D eigenvalue weighted by molar-refractivity contribution is 5.11. The topological polar surface area (TPSA) is 0 Å². The molecule has 0 saturated heterocycles. The molecular weight excluding hydrogens is 276 g/mol. The standard InChI is InChI=1S/C23H36/c1-2-21-10-19-6-20(11-21)13-23(12-19,14-21)15-22-7-16-3-17(8-22)5-18(4-16)9-22/h16-20H,2-15H2,1H3. The highest BCUT2D eigenvalue weighted by atomic mass is 14.7. The normalized spacial score (nSPS) is 62.2. The van der Waals surface area contributed by atoms with Gasteiger partial charge in [0.15, 0.2) is 0 Å². The van der Waals surface area contributed by atoms with Gasteiger partial charge >= 0.3 is 0 Å². The molecule has 2 unspecified atom stereocenters. The molecule has 0 nitrogen and oxygen atoms in total. The first-order valence-corrected chi connectivity index (χ1v) is 11.1. The molecule has 8 saturated carbocycles. The Morgan fingerprint density at radius 2 is 1.00 bits per heavy atom. The van der Waals surface area contributed by atoms with Crippen LogP contribution in [-0.2, 0) is 0 Å². The van der Waals surface area contributed by atoms with E-state index in [1.54, 1.807) is 83.5 Å². The molecule has 0 spiro atoms. The van der Waals surface area contributed by atoms with Crippen LogP contribution in [0.4, 0.5) is 0 Å². The lowest BCUT2D eigenvalue weighted by molar-refractivity contribution is -0.154. The Hall–Kier alpha value is 0. The molecular formula is C23H36. The van der Waals surface area contributed by atoms with E-state index in [1.807, 2.05) is 0 Å². The SMILES string of the molecule is CCC12CC3CC(C1)CC(CC14CC5CC(CC(C5)C1)C4)(C3)C2. The van der Waals surface area contributed by atoms with Crippen molar-refractivity contribution in [2.45, 2.75) is 96.8 Å². The third kappa shape index (κ3) is 2.02. The minimum absolute atomic E-state index is 0.798. The van der Waals surface area contributed by atoms with Crippen LogP contribution in [0.25, 0.3) is 0 Å². The Morgan fingerprint density at radius 1 is 0.565 bits per heavy atom. The number of rotatable bonds is 3. The fourth-order valence-electron chi connectivity index (χ4n) is 10.6. The average molecular weight is 313 g/mol. The van der Waals surface area contributed by atoms with Gasteiger partial charge in [-0.05, 0) is 129 Å². The monoisotopic (exact) mass is 312 g/mol. The minimum Gasteiger partial charge on any atom is -0.0649 e. The van der Waals surface area contributed by atoms with Crippen LogP contribution in [0.5, 0.6) is 0 Å². The van der Waals surface area contributed by atoms with Crippen molar-refractivity contribution in [2.75, 3.05) is 0 Å². The Kier molecular flexibility index (Phi) is 2.71. The van der Waals surface area contributed by atoms with Crippen LogP contribution in [0, 0.1) is 45.8 Å². The van der Waals surface area contributed by atoms with Crippen LogP contribution in [0.1, 0.15) is 96.8 Å². The largest absolute Gasteiger partial charge is 0.0649 e. The fraction of sp³-hybridized carbons (Fsp3) is 1.00. The van der Waals surface area contributed by atoms with Gasteiger partial charge in [0.1, 0.15) is 0 Å². The van der Waals surface area contributed by atoms with Crippen molar-refractivity contribution in [3.63, 3.8) is 0 Å². The van der Waals surface area contributed by atoms with Crippen molar-refractivity contribution < 1.29 is 0 Å². The van der Waals surface area contributed by atoms with Crippen molar-refractivity contribution in [3.05, 3.63) is 0 Å². The maximum atomic E-state index is 2.52. The van der Waals surface area contributed by atoms with Crippen molar-refractivity contribution in [2.24, 2.45) is 45.8 Å². The smallest absolute Gasteiger partial charge is 0.0282 e. The van der Waals surface area contributed by atoms with Crippen molar-refractivity contribution in [3.8, 4) is 0 Å². The highest BCUT2D eigenvalue weighted by Gasteiger charge is 2.60. The van der Waals surface area contributed by atoms with Gasteiger partial charge in [-0.3, -0.25) is 0 Å². The molecule has 23 heavy (non-hydrogen) atoms. The van der Waals surface area contributed by atoms with Crippen LogP contribution in [0.3, 0.4) is 0 Å². The van der Waals surface area contributed by atoms with E-state index in [0.717, 1.165) is 45.8 Å². The van der Waals surface area contributed by atoms with Gasteiger partial charge in [0.25, 0.3) is 0 Å². The van der Waals surface area contributed by atoms with Gasteiger partial charge in [0.05, 0.1) is 0 Å². The zero-order valence-corrected chi connectivity index (χ0v) is 15.3. The number of hydrogen-bond donors (Lipinski definition) is 0. The predicted octanol–water partition coefficient (Wildman–Crippen LogP) is 6.59. The maximum Gasteiger partial charge on any atom is -0.0282 e. The lowest BCUT2D eigenvalue weighted by Crippen LogP contribution is -2.55. The van der Waals surface area contributed by atoms with E-state index >= 15 is 0 Å². The lowest BCUT2D eigenvalue weighted by atomic mass is 9.39. The second-order valence-electron chi connectivity index (χ2n) is 11.9. The third-order valence-corrected chi connectivity index (χ3v) is 9.97. The van der Waals surface area contributed by atoms with Gasteiger partial charge < -0.3 is 0 Å². The van der Waals surface area contributed by atoms with Crippen molar-refractivity contribution in [1.29, 1.82) is 0 Å². The van der Waals surface area contributed by atoms with Crippen LogP contribution in [-0.4, -0.2) is 0 Å². The van der Waals surface area contributed by atoms with Gasteiger partial charge in [-0.15, -0.1) is 0 Å². The molecule has 0 aromatic carbocycles. The Morgan fingerprint density at radius 3 is 1.52 bits per heavy atom. The summed E-state index contributed by atoms with van der Waals surface area (Å²) in [6.07, 6.45) is 22.8. The summed E-state index contributed by atoms with van der Waals surface area (Å²) in [5.74, 6) is 5.70. The molecule has 0 aromatic heterocycles. The van der Waals surface area contributed by atoms with E-state index in [2.05, 4.69) is 6.92 Å². The minimum atomic E-state index is 0.798. The quantitative estimate of drug-likeness (QED) is 0.551. The molecule has 128 valence electrons. The molecule has 8 aliphatic carbocycles. The summed E-state index contributed by atoms with van der Waals surface area (Å²) in [4.78, 5) is 0. The summed E-state index contributed by atoms with van der Waals surface area (Å²) in [6.45, 7) is 2.52. The molecule has 0 heterocycles. The van der Waals surface area contributed by atoms with Gasteiger partial charge in [-0.2, -0.15) is 0 Å². The third-order valence-electron chi connectivity index (χ3n) is 9.97. The van der Waals surface area contributed by atoms with Crippen LogP contribution in [0.15, 0.2) is 0 Å². The Balaban J connectivity index is 1.32. The van der Waals surface area contributed by atoms with Gasteiger partial charge in [-0.25, -0.2) is 0 Å². The van der Waals surface area contributed by atoms with Crippen LogP contribution in [0.2, 0.25) is 0 Å². The molecule has 8 aliphatic rings. The van der Waals surface area contributed by atoms with Crippen LogP contribution >= 0.6 is 0 Å². The van der Waals surface area contributed by atoms with Gasteiger partial charge in [0.2, 0.25) is 0 Å². The van der Waals surface area contributed by atoms with E-state index in [0.29, 0.717) is 0 Å². The second kappa shape index (κ2) is 4.39. The first kappa shape index (κ1) is 14.2. The Bertz CT molecular complexity index is 465. The summed E-state index contributed by atoms with van der Waals surface area (Å²) in [7, 11) is 0. The van der Waals surface area contributed by atoms with E-state index in [9.17, 15) is 0 Å². The predicted molar refractivity (Wildman–Crippen MR) is 95.1 cm³/mol. The summed E-state index contributed by atoms with van der Waals surface area (Å²) < 4.78 is 0. The molecule has 0 aromatic rings. The molecule has 8 rings (SSSR count). The Labute approximate surface area is 143 Å². The molecule has 0 amide bonds. The summed E-state index contributed by atoms with van der Waals surface area (Å²) in [5, 5.41) is 0. The summed E-state index contributed by atoms with van der Waals surface area (Å²) >= 11 is 0. The van der Waals surface area contributed by atoms with Crippen molar-refractivity contribution >= 4 is 0 Å². The van der Waals surface area contributed by atoms with E-state index < -0.39 is 0 Å². The fourth-order valence-corrected chi connectivity index (χ4v) is 10.6. The molecule has 8 fully saturated rings. The van der Waals surface area contributed by atoms with Crippen LogP contribution < -0.4 is 0 Å². The molecule has 2 atom stereocenters. The molecule has 0 heteroatoms. The molecule has 0 aliphatic heterocycles. The average Bonchev–Trinajstić information content (AvgIpc) is 2.43. The second-order valence-corrected chi connectivity index (χ2v) is 11.9. The highest BCUT2D eigenvalue weighted by Crippen LogP contribution is 2.71. The first-order chi connectivity index (χ1) is 11.1. The summed E-state index contributed by atoms with van der Waals surface area (Å²) in [6, 6.07) is 0. The number of hydrogen-bond acceptors (Lipinski definition) is 0. The zero-order chi connectivity index (χ0) is 15.3. The summed E-state index contributed by atoms with van der Waals surface area (Å²) in [5.41, 5.74) is 2.44. The van der Waals surface area contributed by atoms with E-state index in [1.165, 1.54) is 6.42 Å². The van der Waals surface area contributed by atoms with Gasteiger partial charge in [-0.1, -0.05) is 13.3 Å². The van der Waals surface area contributed by atoms with Crippen molar-refractivity contribution in [1.82, 2.24) is 0 Å². The molecule has 0 N–H and O–H groups in total. The van der Waals surface area contributed by atoms with E-state index in [-0.39, 0.29) is 0 Å².